The molecule has 0 amide bonds. The Kier molecular flexibility index (Phi) is 4.43. The fourth-order valence-electron chi connectivity index (χ4n) is 2.99. The van der Waals surface area contributed by atoms with Gasteiger partial charge < -0.3 is 14.4 Å². The van der Waals surface area contributed by atoms with E-state index in [1.54, 1.807) is 12.4 Å². The quantitative estimate of drug-likeness (QED) is 0.730. The molecule has 3 aromatic rings. The topological polar surface area (TPSA) is 60.4 Å². The van der Waals surface area contributed by atoms with Gasteiger partial charge in [-0.05, 0) is 25.1 Å². The van der Waals surface area contributed by atoms with E-state index in [-0.39, 0.29) is 0 Å². The number of hydrogen-bond donors (Lipinski definition) is 0. The zero-order chi connectivity index (χ0) is 17.1. The minimum absolute atomic E-state index is 0.528. The van der Waals surface area contributed by atoms with E-state index in [1.165, 1.54) is 5.69 Å². The first-order chi connectivity index (χ1) is 12.3. The van der Waals surface area contributed by atoms with Gasteiger partial charge in [-0.2, -0.15) is 0 Å². The lowest BCUT2D eigenvalue weighted by atomic mass is 10.1. The van der Waals surface area contributed by atoms with Gasteiger partial charge >= 0.3 is 0 Å². The number of pyridine rings is 1. The predicted octanol–water partition coefficient (Wildman–Crippen LogP) is 2.93. The van der Waals surface area contributed by atoms with Crippen LogP contribution in [0.2, 0.25) is 0 Å². The Labute approximate surface area is 146 Å². The highest BCUT2D eigenvalue weighted by atomic mass is 16.5. The smallest absolute Gasteiger partial charge is 0.242 e. The summed E-state index contributed by atoms with van der Waals surface area (Å²) < 4.78 is 11.1. The summed E-state index contributed by atoms with van der Waals surface area (Å²) in [6.07, 6.45) is 3.34. The lowest BCUT2D eigenvalue weighted by Crippen LogP contribution is -2.36. The number of anilines is 1. The second-order valence-electron chi connectivity index (χ2n) is 5.82. The van der Waals surface area contributed by atoms with Gasteiger partial charge in [0.1, 0.15) is 0 Å². The minimum atomic E-state index is 0.528. The first-order valence-corrected chi connectivity index (χ1v) is 8.53. The van der Waals surface area contributed by atoms with Gasteiger partial charge in [-0.25, -0.2) is 9.97 Å². The van der Waals surface area contributed by atoms with Crippen molar-refractivity contribution < 1.29 is 9.47 Å². The molecular weight excluding hydrogens is 316 g/mol. The number of aromatic nitrogens is 3. The highest BCUT2D eigenvalue weighted by molar-refractivity contribution is 5.83. The second-order valence-corrected chi connectivity index (χ2v) is 5.82. The Morgan fingerprint density at radius 1 is 1.08 bits per heavy atom. The van der Waals surface area contributed by atoms with E-state index in [1.807, 2.05) is 13.0 Å². The fraction of sp³-hybridized carbons (Fsp3) is 0.316. The lowest BCUT2D eigenvalue weighted by Gasteiger charge is -2.28. The highest BCUT2D eigenvalue weighted by Gasteiger charge is 2.13. The number of nitrogens with zero attached hydrogens (tertiary/aromatic N) is 4. The predicted molar refractivity (Wildman–Crippen MR) is 97.0 cm³/mol. The van der Waals surface area contributed by atoms with Crippen LogP contribution in [0.1, 0.15) is 6.92 Å². The molecule has 128 valence electrons. The lowest BCUT2D eigenvalue weighted by molar-refractivity contribution is 0.122. The molecule has 0 atom stereocenters. The molecule has 6 nitrogen and oxygen atoms in total. The third-order valence-corrected chi connectivity index (χ3v) is 4.24. The third-order valence-electron chi connectivity index (χ3n) is 4.24. The van der Waals surface area contributed by atoms with E-state index in [4.69, 9.17) is 9.47 Å². The van der Waals surface area contributed by atoms with Crippen molar-refractivity contribution >= 4 is 16.7 Å². The van der Waals surface area contributed by atoms with Gasteiger partial charge in [0.15, 0.2) is 5.52 Å². The molecule has 6 heteroatoms. The maximum absolute atomic E-state index is 5.66. The SMILES string of the molecule is CCOc1nc(-c2ccc(N3CCOCC3)cc2)cc2nccnc12. The van der Waals surface area contributed by atoms with Crippen LogP contribution in [0.4, 0.5) is 5.69 Å². The average Bonchev–Trinajstić information content (AvgIpc) is 2.69. The number of rotatable bonds is 4. The van der Waals surface area contributed by atoms with Crippen molar-refractivity contribution in [3.8, 4) is 17.1 Å². The molecule has 1 fully saturated rings. The van der Waals surface area contributed by atoms with Gasteiger partial charge in [-0.15, -0.1) is 0 Å². The fourth-order valence-corrected chi connectivity index (χ4v) is 2.99. The molecule has 0 N–H and O–H groups in total. The summed E-state index contributed by atoms with van der Waals surface area (Å²) in [6.45, 7) is 5.90. The number of benzene rings is 1. The molecule has 4 rings (SSSR count). The van der Waals surface area contributed by atoms with Crippen LogP contribution in [-0.4, -0.2) is 47.9 Å². The van der Waals surface area contributed by atoms with E-state index < -0.39 is 0 Å². The molecule has 1 aliphatic heterocycles. The zero-order valence-corrected chi connectivity index (χ0v) is 14.2. The van der Waals surface area contributed by atoms with Gasteiger partial charge in [0, 0.05) is 36.7 Å². The van der Waals surface area contributed by atoms with Crippen molar-refractivity contribution in [2.45, 2.75) is 6.92 Å². The monoisotopic (exact) mass is 336 g/mol. The average molecular weight is 336 g/mol. The molecular formula is C19H20N4O2. The van der Waals surface area contributed by atoms with E-state index in [0.29, 0.717) is 18.0 Å². The normalized spacial score (nSPS) is 14.7. The standard InChI is InChI=1S/C19H20N4O2/c1-2-25-19-18-17(20-7-8-21-18)13-16(22-19)14-3-5-15(6-4-14)23-9-11-24-12-10-23/h3-8,13H,2,9-12H2,1H3. The highest BCUT2D eigenvalue weighted by Crippen LogP contribution is 2.28. The van der Waals surface area contributed by atoms with E-state index >= 15 is 0 Å². The summed E-state index contributed by atoms with van der Waals surface area (Å²) in [5, 5.41) is 0. The Morgan fingerprint density at radius 2 is 1.84 bits per heavy atom. The van der Waals surface area contributed by atoms with Gasteiger partial charge in [0.2, 0.25) is 5.88 Å². The van der Waals surface area contributed by atoms with E-state index in [2.05, 4.69) is 44.1 Å². The molecule has 25 heavy (non-hydrogen) atoms. The largest absolute Gasteiger partial charge is 0.476 e. The third kappa shape index (κ3) is 3.25. The minimum Gasteiger partial charge on any atom is -0.476 e. The van der Waals surface area contributed by atoms with Crippen LogP contribution >= 0.6 is 0 Å². The summed E-state index contributed by atoms with van der Waals surface area (Å²) >= 11 is 0. The molecule has 3 heterocycles. The molecule has 1 saturated heterocycles. The van der Waals surface area contributed by atoms with Crippen molar-refractivity contribution in [3.05, 3.63) is 42.7 Å². The van der Waals surface area contributed by atoms with Gasteiger partial charge in [-0.3, -0.25) is 4.98 Å². The first kappa shape index (κ1) is 15.8. The maximum atomic E-state index is 5.66. The summed E-state index contributed by atoms with van der Waals surface area (Å²) in [5.41, 5.74) is 4.55. The summed E-state index contributed by atoms with van der Waals surface area (Å²) in [5.74, 6) is 0.528. The number of ether oxygens (including phenoxy) is 2. The zero-order valence-electron chi connectivity index (χ0n) is 14.2. The number of morpholine rings is 1. The summed E-state index contributed by atoms with van der Waals surface area (Å²) in [4.78, 5) is 15.7. The van der Waals surface area contributed by atoms with Crippen LogP contribution < -0.4 is 9.64 Å². The Balaban J connectivity index is 1.69. The Bertz CT molecular complexity index is 861. The van der Waals surface area contributed by atoms with Crippen molar-refractivity contribution in [2.24, 2.45) is 0 Å². The molecule has 0 unspecified atom stereocenters. The van der Waals surface area contributed by atoms with Crippen LogP contribution in [0, 0.1) is 0 Å². The number of hydrogen-bond acceptors (Lipinski definition) is 6. The molecule has 0 bridgehead atoms. The second kappa shape index (κ2) is 7.03. The van der Waals surface area contributed by atoms with Crippen LogP contribution in [0.15, 0.2) is 42.7 Å². The van der Waals surface area contributed by atoms with Crippen molar-refractivity contribution in [1.82, 2.24) is 15.0 Å². The Hall–Kier alpha value is -2.73. The molecule has 2 aromatic heterocycles. The summed E-state index contributed by atoms with van der Waals surface area (Å²) in [6, 6.07) is 10.4. The molecule has 0 aliphatic carbocycles. The number of fused-ring (bicyclic) bond motifs is 1. The molecule has 0 radical (unpaired) electrons. The van der Waals surface area contributed by atoms with E-state index in [0.717, 1.165) is 43.1 Å². The molecule has 1 aliphatic rings. The van der Waals surface area contributed by atoms with Crippen molar-refractivity contribution in [1.29, 1.82) is 0 Å². The van der Waals surface area contributed by atoms with Crippen molar-refractivity contribution in [3.63, 3.8) is 0 Å². The van der Waals surface area contributed by atoms with Crippen molar-refractivity contribution in [2.75, 3.05) is 37.8 Å². The molecule has 0 saturated carbocycles. The van der Waals surface area contributed by atoms with Gasteiger partial charge in [0.05, 0.1) is 31.0 Å². The van der Waals surface area contributed by atoms with Crippen LogP contribution in [0.25, 0.3) is 22.3 Å². The van der Waals surface area contributed by atoms with Gasteiger partial charge in [0.25, 0.3) is 0 Å². The molecule has 1 aromatic carbocycles. The van der Waals surface area contributed by atoms with Crippen LogP contribution in [-0.2, 0) is 4.74 Å². The van der Waals surface area contributed by atoms with Crippen LogP contribution in [0.3, 0.4) is 0 Å². The first-order valence-electron chi connectivity index (χ1n) is 8.53. The van der Waals surface area contributed by atoms with Crippen LogP contribution in [0.5, 0.6) is 5.88 Å². The molecule has 0 spiro atoms. The van der Waals surface area contributed by atoms with E-state index in [9.17, 15) is 0 Å². The maximum Gasteiger partial charge on any atom is 0.242 e. The summed E-state index contributed by atoms with van der Waals surface area (Å²) in [7, 11) is 0. The Morgan fingerprint density at radius 3 is 2.60 bits per heavy atom. The van der Waals surface area contributed by atoms with Gasteiger partial charge in [-0.1, -0.05) is 12.1 Å².